The number of carbonyl (C=O) groups excluding carboxylic acids is 3. The molecule has 4 N–H and O–H groups in total. The first kappa shape index (κ1) is 17.0. The summed E-state index contributed by atoms with van der Waals surface area (Å²) in [5.41, 5.74) is 1.66. The average Bonchev–Trinajstić information content (AvgIpc) is 2.62. The highest BCUT2D eigenvalue weighted by Crippen LogP contribution is 2.13. The highest BCUT2D eigenvalue weighted by molar-refractivity contribution is 5.99. The van der Waals surface area contributed by atoms with Gasteiger partial charge in [0.1, 0.15) is 0 Å². The van der Waals surface area contributed by atoms with Gasteiger partial charge in [-0.25, -0.2) is 4.79 Å². The van der Waals surface area contributed by atoms with E-state index < -0.39 is 0 Å². The van der Waals surface area contributed by atoms with Crippen molar-refractivity contribution in [2.24, 2.45) is 0 Å². The van der Waals surface area contributed by atoms with Crippen molar-refractivity contribution in [3.05, 3.63) is 60.2 Å². The molecule has 0 aliphatic rings. The second-order valence-electron chi connectivity index (χ2n) is 4.88. The molecule has 7 nitrogen and oxygen atoms in total. The van der Waals surface area contributed by atoms with Gasteiger partial charge in [0.05, 0.1) is 6.54 Å². The maximum absolute atomic E-state index is 11.9. The summed E-state index contributed by atoms with van der Waals surface area (Å²) >= 11 is 0. The highest BCUT2D eigenvalue weighted by Gasteiger charge is 2.08. The van der Waals surface area contributed by atoms with Crippen molar-refractivity contribution in [2.45, 2.75) is 0 Å². The number of hydrogen-bond acceptors (Lipinski definition) is 3. The second-order valence-corrected chi connectivity index (χ2v) is 4.88. The first-order chi connectivity index (χ1) is 11.6. The molecule has 0 saturated carbocycles. The number of anilines is 2. The van der Waals surface area contributed by atoms with Gasteiger partial charge in [0, 0.05) is 24.0 Å². The molecule has 0 aliphatic carbocycles. The first-order valence-corrected chi connectivity index (χ1v) is 7.30. The van der Waals surface area contributed by atoms with Gasteiger partial charge in [-0.1, -0.05) is 18.2 Å². The minimum Gasteiger partial charge on any atom is -0.343 e. The normalized spacial score (nSPS) is 9.71. The molecule has 124 valence electrons. The first-order valence-electron chi connectivity index (χ1n) is 7.30. The molecule has 0 unspecified atom stereocenters. The summed E-state index contributed by atoms with van der Waals surface area (Å²) in [4.78, 5) is 34.9. The minimum absolute atomic E-state index is 0.133. The van der Waals surface area contributed by atoms with Crippen LogP contribution in [0.15, 0.2) is 54.6 Å². The van der Waals surface area contributed by atoms with E-state index in [1.54, 1.807) is 48.5 Å². The van der Waals surface area contributed by atoms with Gasteiger partial charge in [-0.15, -0.1) is 0 Å². The van der Waals surface area contributed by atoms with Gasteiger partial charge < -0.3 is 21.3 Å². The lowest BCUT2D eigenvalue weighted by atomic mass is 10.2. The Kier molecular flexibility index (Phi) is 5.90. The number of benzene rings is 2. The largest absolute Gasteiger partial charge is 0.343 e. The van der Waals surface area contributed by atoms with Crippen LogP contribution in [-0.4, -0.2) is 31.4 Å². The molecule has 0 saturated heterocycles. The lowest BCUT2D eigenvalue weighted by Crippen LogP contribution is -2.32. The fraction of sp³-hybridized carbons (Fsp3) is 0.118. The van der Waals surface area contributed by atoms with E-state index in [1.807, 2.05) is 6.07 Å². The van der Waals surface area contributed by atoms with Crippen molar-refractivity contribution in [2.75, 3.05) is 24.2 Å². The lowest BCUT2D eigenvalue weighted by molar-refractivity contribution is -0.115. The Balaban J connectivity index is 1.82. The Bertz CT molecular complexity index is 714. The van der Waals surface area contributed by atoms with Crippen molar-refractivity contribution >= 4 is 29.2 Å². The zero-order valence-electron chi connectivity index (χ0n) is 13.1. The second kappa shape index (κ2) is 8.33. The van der Waals surface area contributed by atoms with Crippen LogP contribution in [0.2, 0.25) is 0 Å². The van der Waals surface area contributed by atoms with Gasteiger partial charge in [-0.3, -0.25) is 9.59 Å². The van der Waals surface area contributed by atoms with Gasteiger partial charge in [0.15, 0.2) is 0 Å². The van der Waals surface area contributed by atoms with Gasteiger partial charge in [-0.05, 0) is 36.4 Å². The Labute approximate surface area is 139 Å². The zero-order chi connectivity index (χ0) is 17.4. The molecule has 0 radical (unpaired) electrons. The van der Waals surface area contributed by atoms with Crippen LogP contribution in [0.5, 0.6) is 0 Å². The third-order valence-corrected chi connectivity index (χ3v) is 3.10. The molecule has 24 heavy (non-hydrogen) atoms. The highest BCUT2D eigenvalue weighted by atomic mass is 16.2. The van der Waals surface area contributed by atoms with E-state index in [4.69, 9.17) is 0 Å². The van der Waals surface area contributed by atoms with Gasteiger partial charge >= 0.3 is 6.03 Å². The predicted molar refractivity (Wildman–Crippen MR) is 91.9 cm³/mol. The molecular formula is C17H18N4O3. The summed E-state index contributed by atoms with van der Waals surface area (Å²) in [6.07, 6.45) is 0. The van der Waals surface area contributed by atoms with Crippen LogP contribution in [-0.2, 0) is 4.79 Å². The summed E-state index contributed by atoms with van der Waals surface area (Å²) in [6.45, 7) is -0.133. The third-order valence-electron chi connectivity index (χ3n) is 3.10. The predicted octanol–water partition coefficient (Wildman–Crippen LogP) is 1.81. The molecule has 0 aromatic heterocycles. The molecule has 0 atom stereocenters. The maximum atomic E-state index is 11.9. The quantitative estimate of drug-likeness (QED) is 0.674. The molecule has 0 spiro atoms. The van der Waals surface area contributed by atoms with Crippen molar-refractivity contribution in [1.29, 1.82) is 0 Å². The number of urea groups is 1. The Hall–Kier alpha value is -3.35. The molecule has 2 aromatic carbocycles. The number of carbonyl (C=O) groups is 3. The molecule has 2 rings (SSSR count). The number of nitrogens with one attached hydrogen (secondary N) is 4. The Morgan fingerprint density at radius 1 is 0.833 bits per heavy atom. The van der Waals surface area contributed by atoms with Crippen LogP contribution in [0.25, 0.3) is 0 Å². The standard InChI is InChI=1S/C17H18N4O3/c1-18-17(24)21-14-9-7-13(8-10-14)20-15(22)11-19-16(23)12-5-3-2-4-6-12/h2-10H,11H2,1H3,(H,19,23)(H,20,22)(H2,18,21,24). The third kappa shape index (κ3) is 5.13. The number of hydrogen-bond donors (Lipinski definition) is 4. The van der Waals surface area contributed by atoms with Gasteiger partial charge in [0.25, 0.3) is 5.91 Å². The molecule has 0 fully saturated rings. The fourth-order valence-corrected chi connectivity index (χ4v) is 1.89. The van der Waals surface area contributed by atoms with Crippen LogP contribution < -0.4 is 21.3 Å². The summed E-state index contributed by atoms with van der Waals surface area (Å²) in [5.74, 6) is -0.651. The molecule has 7 heteroatoms. The van der Waals surface area contributed by atoms with Crippen molar-refractivity contribution < 1.29 is 14.4 Å². The number of rotatable bonds is 5. The van der Waals surface area contributed by atoms with E-state index in [0.717, 1.165) is 0 Å². The van der Waals surface area contributed by atoms with Crippen LogP contribution in [0.1, 0.15) is 10.4 Å². The molecule has 2 aromatic rings. The van der Waals surface area contributed by atoms with Crippen molar-refractivity contribution in [1.82, 2.24) is 10.6 Å². The minimum atomic E-state index is -0.341. The van der Waals surface area contributed by atoms with E-state index >= 15 is 0 Å². The summed E-state index contributed by atoms with van der Waals surface area (Å²) in [5, 5.41) is 10.3. The van der Waals surface area contributed by atoms with Crippen LogP contribution in [0.3, 0.4) is 0 Å². The number of amides is 4. The summed E-state index contributed by atoms with van der Waals surface area (Å²) in [7, 11) is 1.52. The lowest BCUT2D eigenvalue weighted by Gasteiger charge is -2.08. The maximum Gasteiger partial charge on any atom is 0.318 e. The molecule has 0 heterocycles. The van der Waals surface area contributed by atoms with Crippen LogP contribution in [0.4, 0.5) is 16.2 Å². The van der Waals surface area contributed by atoms with E-state index in [0.29, 0.717) is 16.9 Å². The molecule has 0 aliphatic heterocycles. The average molecular weight is 326 g/mol. The monoisotopic (exact) mass is 326 g/mol. The molecule has 0 bridgehead atoms. The fourth-order valence-electron chi connectivity index (χ4n) is 1.89. The van der Waals surface area contributed by atoms with Crippen LogP contribution in [0, 0.1) is 0 Å². The van der Waals surface area contributed by atoms with Gasteiger partial charge in [0.2, 0.25) is 5.91 Å². The molecular weight excluding hydrogens is 308 g/mol. The van der Waals surface area contributed by atoms with Crippen LogP contribution >= 0.6 is 0 Å². The Morgan fingerprint density at radius 2 is 1.42 bits per heavy atom. The van der Waals surface area contributed by atoms with E-state index in [2.05, 4.69) is 21.3 Å². The zero-order valence-corrected chi connectivity index (χ0v) is 13.1. The topological polar surface area (TPSA) is 99.3 Å². The summed E-state index contributed by atoms with van der Waals surface area (Å²) < 4.78 is 0. The Morgan fingerprint density at radius 3 is 2.00 bits per heavy atom. The van der Waals surface area contributed by atoms with Crippen molar-refractivity contribution in [3.8, 4) is 0 Å². The van der Waals surface area contributed by atoms with Gasteiger partial charge in [-0.2, -0.15) is 0 Å². The van der Waals surface area contributed by atoms with E-state index in [1.165, 1.54) is 7.05 Å². The smallest absolute Gasteiger partial charge is 0.318 e. The SMILES string of the molecule is CNC(=O)Nc1ccc(NC(=O)CNC(=O)c2ccccc2)cc1. The van der Waals surface area contributed by atoms with Crippen molar-refractivity contribution in [3.63, 3.8) is 0 Å². The molecule has 4 amide bonds. The van der Waals surface area contributed by atoms with E-state index in [9.17, 15) is 14.4 Å². The summed E-state index contributed by atoms with van der Waals surface area (Å²) in [6, 6.07) is 15.0. The van der Waals surface area contributed by atoms with E-state index in [-0.39, 0.29) is 24.4 Å².